The van der Waals surface area contributed by atoms with Crippen LogP contribution in [0.15, 0.2) is 24.3 Å². The summed E-state index contributed by atoms with van der Waals surface area (Å²) >= 11 is 0. The number of aliphatic hydroxyl groups is 1. The van der Waals surface area contributed by atoms with Crippen LogP contribution in [0.3, 0.4) is 0 Å². The van der Waals surface area contributed by atoms with Gasteiger partial charge in [0.1, 0.15) is 0 Å². The van der Waals surface area contributed by atoms with Crippen molar-refractivity contribution >= 4 is 10.9 Å². The second-order valence-electron chi connectivity index (χ2n) is 4.52. The highest BCUT2D eigenvalue weighted by atomic mass is 16.3. The van der Waals surface area contributed by atoms with Crippen molar-refractivity contribution in [2.24, 2.45) is 5.92 Å². The Hall–Kier alpha value is -1.28. The van der Waals surface area contributed by atoms with Crippen LogP contribution >= 0.6 is 0 Å². The van der Waals surface area contributed by atoms with Gasteiger partial charge in [-0.3, -0.25) is 0 Å². The Labute approximate surface area is 88.9 Å². The Morgan fingerprint density at radius 2 is 2.13 bits per heavy atom. The standard InChI is InChI=1S/C13H15NO/c1-8-6-7-10-9-4-2-3-5-11(9)14-12(10)13(8)15/h2-5,8,13-15H,6-7H2,1H3. The third-order valence-corrected chi connectivity index (χ3v) is 3.53. The van der Waals surface area contributed by atoms with Gasteiger partial charge in [0.15, 0.2) is 0 Å². The van der Waals surface area contributed by atoms with Crippen LogP contribution < -0.4 is 0 Å². The molecule has 2 heteroatoms. The molecule has 1 aliphatic rings. The van der Waals surface area contributed by atoms with Crippen molar-refractivity contribution in [1.82, 2.24) is 4.98 Å². The summed E-state index contributed by atoms with van der Waals surface area (Å²) in [5.41, 5.74) is 3.50. The number of rotatable bonds is 0. The molecule has 0 saturated heterocycles. The molecule has 15 heavy (non-hydrogen) atoms. The lowest BCUT2D eigenvalue weighted by molar-refractivity contribution is 0.100. The van der Waals surface area contributed by atoms with E-state index in [1.54, 1.807) is 0 Å². The van der Waals surface area contributed by atoms with E-state index >= 15 is 0 Å². The molecule has 0 fully saturated rings. The van der Waals surface area contributed by atoms with Crippen molar-refractivity contribution in [2.45, 2.75) is 25.9 Å². The van der Waals surface area contributed by atoms with Crippen LogP contribution in [0.25, 0.3) is 10.9 Å². The maximum atomic E-state index is 10.1. The number of hydrogen-bond donors (Lipinski definition) is 2. The van der Waals surface area contributed by atoms with Gasteiger partial charge < -0.3 is 10.1 Å². The van der Waals surface area contributed by atoms with E-state index in [-0.39, 0.29) is 6.10 Å². The van der Waals surface area contributed by atoms with Crippen molar-refractivity contribution in [3.63, 3.8) is 0 Å². The van der Waals surface area contributed by atoms with Crippen molar-refractivity contribution in [2.75, 3.05) is 0 Å². The van der Waals surface area contributed by atoms with Crippen molar-refractivity contribution in [3.8, 4) is 0 Å². The highest BCUT2D eigenvalue weighted by molar-refractivity contribution is 5.85. The van der Waals surface area contributed by atoms with E-state index in [9.17, 15) is 5.11 Å². The minimum Gasteiger partial charge on any atom is -0.387 e. The maximum Gasteiger partial charge on any atom is 0.0966 e. The molecular formula is C13H15NO. The first-order chi connectivity index (χ1) is 7.27. The molecule has 3 rings (SSSR count). The molecule has 0 bridgehead atoms. The fourth-order valence-corrected chi connectivity index (χ4v) is 2.56. The highest BCUT2D eigenvalue weighted by Gasteiger charge is 2.27. The number of aryl methyl sites for hydroxylation is 1. The monoisotopic (exact) mass is 201 g/mol. The SMILES string of the molecule is CC1CCc2c([nH]c3ccccc23)C1O. The number of benzene rings is 1. The summed E-state index contributed by atoms with van der Waals surface area (Å²) in [6, 6.07) is 8.29. The average Bonchev–Trinajstić information content (AvgIpc) is 2.63. The summed E-state index contributed by atoms with van der Waals surface area (Å²) in [4.78, 5) is 3.35. The topological polar surface area (TPSA) is 36.0 Å². The van der Waals surface area contributed by atoms with E-state index in [0.717, 1.165) is 24.1 Å². The number of aromatic amines is 1. The summed E-state index contributed by atoms with van der Waals surface area (Å²) < 4.78 is 0. The second kappa shape index (κ2) is 3.11. The van der Waals surface area contributed by atoms with Gasteiger partial charge in [0.25, 0.3) is 0 Å². The Bertz CT molecular complexity index is 500. The number of para-hydroxylation sites is 1. The summed E-state index contributed by atoms with van der Waals surface area (Å²) in [7, 11) is 0. The first kappa shape index (κ1) is 8.98. The molecule has 0 saturated carbocycles. The molecule has 0 radical (unpaired) electrons. The molecule has 1 aliphatic carbocycles. The normalized spacial score (nSPS) is 25.5. The van der Waals surface area contributed by atoms with Crippen LogP contribution in [0.4, 0.5) is 0 Å². The van der Waals surface area contributed by atoms with Crippen LogP contribution in [-0.2, 0) is 6.42 Å². The molecular weight excluding hydrogens is 186 g/mol. The second-order valence-corrected chi connectivity index (χ2v) is 4.52. The molecule has 0 amide bonds. The van der Waals surface area contributed by atoms with Gasteiger partial charge in [0.05, 0.1) is 6.10 Å². The zero-order valence-corrected chi connectivity index (χ0v) is 8.83. The molecule has 1 heterocycles. The molecule has 2 nitrogen and oxygen atoms in total. The lowest BCUT2D eigenvalue weighted by Crippen LogP contribution is -2.17. The zero-order chi connectivity index (χ0) is 10.4. The van der Waals surface area contributed by atoms with Gasteiger partial charge in [-0.05, 0) is 30.4 Å². The first-order valence-corrected chi connectivity index (χ1v) is 5.55. The third kappa shape index (κ3) is 1.21. The molecule has 1 aromatic carbocycles. The number of fused-ring (bicyclic) bond motifs is 3. The van der Waals surface area contributed by atoms with Crippen LogP contribution in [0.2, 0.25) is 0 Å². The predicted octanol–water partition coefficient (Wildman–Crippen LogP) is 2.78. The Balaban J connectivity index is 2.26. The number of nitrogens with one attached hydrogen (secondary N) is 1. The van der Waals surface area contributed by atoms with Gasteiger partial charge >= 0.3 is 0 Å². The molecule has 0 spiro atoms. The Kier molecular flexibility index (Phi) is 1.86. The van der Waals surface area contributed by atoms with Crippen molar-refractivity contribution < 1.29 is 5.11 Å². The predicted molar refractivity (Wildman–Crippen MR) is 60.7 cm³/mol. The number of hydrogen-bond acceptors (Lipinski definition) is 1. The summed E-state index contributed by atoms with van der Waals surface area (Å²) in [5, 5.41) is 11.4. The summed E-state index contributed by atoms with van der Waals surface area (Å²) in [5.74, 6) is 0.366. The lowest BCUT2D eigenvalue weighted by Gasteiger charge is -2.24. The minimum absolute atomic E-state index is 0.318. The first-order valence-electron chi connectivity index (χ1n) is 5.55. The fraction of sp³-hybridized carbons (Fsp3) is 0.385. The lowest BCUT2D eigenvalue weighted by atomic mass is 9.86. The van der Waals surface area contributed by atoms with E-state index in [0.29, 0.717) is 5.92 Å². The van der Waals surface area contributed by atoms with Gasteiger partial charge in [0, 0.05) is 16.6 Å². The van der Waals surface area contributed by atoms with Gasteiger partial charge in [-0.15, -0.1) is 0 Å². The van der Waals surface area contributed by atoms with Crippen LogP contribution in [-0.4, -0.2) is 10.1 Å². The average molecular weight is 201 g/mol. The van der Waals surface area contributed by atoms with Gasteiger partial charge in [-0.1, -0.05) is 25.1 Å². The van der Waals surface area contributed by atoms with Gasteiger partial charge in [-0.2, -0.15) is 0 Å². The molecule has 2 N–H and O–H groups in total. The smallest absolute Gasteiger partial charge is 0.0966 e. The van der Waals surface area contributed by atoms with E-state index in [4.69, 9.17) is 0 Å². The molecule has 1 aromatic heterocycles. The Morgan fingerprint density at radius 3 is 3.00 bits per heavy atom. The third-order valence-electron chi connectivity index (χ3n) is 3.53. The van der Waals surface area contributed by atoms with Crippen LogP contribution in [0.5, 0.6) is 0 Å². The minimum atomic E-state index is -0.318. The van der Waals surface area contributed by atoms with E-state index in [1.165, 1.54) is 10.9 Å². The molecule has 2 aromatic rings. The fourth-order valence-electron chi connectivity index (χ4n) is 2.56. The molecule has 78 valence electrons. The van der Waals surface area contributed by atoms with E-state index in [2.05, 4.69) is 30.1 Å². The molecule has 2 atom stereocenters. The summed E-state index contributed by atoms with van der Waals surface area (Å²) in [6.07, 6.45) is 1.84. The van der Waals surface area contributed by atoms with E-state index < -0.39 is 0 Å². The number of aromatic nitrogens is 1. The quantitative estimate of drug-likeness (QED) is 0.675. The maximum absolute atomic E-state index is 10.1. The zero-order valence-electron chi connectivity index (χ0n) is 8.83. The van der Waals surface area contributed by atoms with Crippen molar-refractivity contribution in [3.05, 3.63) is 35.5 Å². The van der Waals surface area contributed by atoms with Gasteiger partial charge in [0.2, 0.25) is 0 Å². The van der Waals surface area contributed by atoms with Crippen LogP contribution in [0, 0.1) is 5.92 Å². The van der Waals surface area contributed by atoms with Gasteiger partial charge in [-0.25, -0.2) is 0 Å². The van der Waals surface area contributed by atoms with Crippen molar-refractivity contribution in [1.29, 1.82) is 0 Å². The number of H-pyrrole nitrogens is 1. The largest absolute Gasteiger partial charge is 0.387 e. The molecule has 2 unspecified atom stereocenters. The van der Waals surface area contributed by atoms with E-state index in [1.807, 2.05) is 6.07 Å². The van der Waals surface area contributed by atoms with Crippen LogP contribution in [0.1, 0.15) is 30.7 Å². The molecule has 0 aliphatic heterocycles. The Morgan fingerprint density at radius 1 is 1.33 bits per heavy atom. The number of aliphatic hydroxyl groups excluding tert-OH is 1. The summed E-state index contributed by atoms with van der Waals surface area (Å²) in [6.45, 7) is 2.11. The highest BCUT2D eigenvalue weighted by Crippen LogP contribution is 2.37.